The van der Waals surface area contributed by atoms with Crippen molar-refractivity contribution in [2.45, 2.75) is 386 Å². The highest BCUT2D eigenvalue weighted by Gasteiger charge is 2.19. The molecule has 0 spiro atoms. The lowest BCUT2D eigenvalue weighted by molar-refractivity contribution is -0.167. The monoisotopic (exact) mass is 1110 g/mol. The molecule has 0 aliphatic heterocycles. The largest absolute Gasteiger partial charge is 0.462 e. The molecule has 1 unspecified atom stereocenters. The summed E-state index contributed by atoms with van der Waals surface area (Å²) in [7, 11) is 0. The maximum absolute atomic E-state index is 12.9. The van der Waals surface area contributed by atoms with Crippen LogP contribution in [-0.2, 0) is 28.6 Å². The van der Waals surface area contributed by atoms with Crippen LogP contribution in [0.5, 0.6) is 0 Å². The van der Waals surface area contributed by atoms with Crippen LogP contribution in [0.3, 0.4) is 0 Å². The van der Waals surface area contributed by atoms with Gasteiger partial charge in [0.05, 0.1) is 0 Å². The van der Waals surface area contributed by atoms with Crippen molar-refractivity contribution in [3.05, 3.63) is 48.6 Å². The zero-order chi connectivity index (χ0) is 57.1. The molecule has 0 aliphatic carbocycles. The molecule has 6 heteroatoms. The molecule has 6 nitrogen and oxygen atoms in total. The molecule has 79 heavy (non-hydrogen) atoms. The highest BCUT2D eigenvalue weighted by Crippen LogP contribution is 2.19. The average molecular weight is 1110 g/mol. The highest BCUT2D eigenvalue weighted by molar-refractivity contribution is 5.71. The summed E-state index contributed by atoms with van der Waals surface area (Å²) < 4.78 is 16.9. The van der Waals surface area contributed by atoms with Gasteiger partial charge in [0.1, 0.15) is 13.2 Å². The lowest BCUT2D eigenvalue weighted by Crippen LogP contribution is -2.30. The highest BCUT2D eigenvalue weighted by atomic mass is 16.6. The van der Waals surface area contributed by atoms with Gasteiger partial charge in [0.25, 0.3) is 0 Å². The van der Waals surface area contributed by atoms with Gasteiger partial charge in [0, 0.05) is 19.3 Å². The predicted molar refractivity (Wildman–Crippen MR) is 344 cm³/mol. The lowest BCUT2D eigenvalue weighted by atomic mass is 10.0. The summed E-state index contributed by atoms with van der Waals surface area (Å²) >= 11 is 0. The number of carbonyl (C=O) groups is 3. The van der Waals surface area contributed by atoms with Gasteiger partial charge in [0.2, 0.25) is 0 Å². The Labute approximate surface area is 492 Å². The molecular weight excluding hydrogens is 973 g/mol. The molecule has 0 saturated heterocycles. The summed E-state index contributed by atoms with van der Waals surface area (Å²) in [5.41, 5.74) is 0. The summed E-state index contributed by atoms with van der Waals surface area (Å²) in [6.07, 6.45) is 86.1. The van der Waals surface area contributed by atoms with Crippen LogP contribution >= 0.6 is 0 Å². The summed E-state index contributed by atoms with van der Waals surface area (Å²) in [5, 5.41) is 0. The summed E-state index contributed by atoms with van der Waals surface area (Å²) in [4.78, 5) is 38.2. The van der Waals surface area contributed by atoms with E-state index in [9.17, 15) is 14.4 Å². The maximum Gasteiger partial charge on any atom is 0.306 e. The fourth-order valence-electron chi connectivity index (χ4n) is 10.6. The molecule has 0 aliphatic rings. The van der Waals surface area contributed by atoms with E-state index in [1.807, 2.05) is 0 Å². The van der Waals surface area contributed by atoms with Crippen molar-refractivity contribution in [1.29, 1.82) is 0 Å². The van der Waals surface area contributed by atoms with Crippen molar-refractivity contribution in [3.63, 3.8) is 0 Å². The van der Waals surface area contributed by atoms with Crippen molar-refractivity contribution in [2.24, 2.45) is 0 Å². The Morgan fingerprint density at radius 2 is 0.494 bits per heavy atom. The van der Waals surface area contributed by atoms with Gasteiger partial charge in [0.15, 0.2) is 6.10 Å². The topological polar surface area (TPSA) is 78.9 Å². The van der Waals surface area contributed by atoms with Crippen molar-refractivity contribution in [2.75, 3.05) is 13.2 Å². The van der Waals surface area contributed by atoms with Crippen LogP contribution in [0.2, 0.25) is 0 Å². The van der Waals surface area contributed by atoms with Crippen LogP contribution in [-0.4, -0.2) is 37.2 Å². The first-order valence-electron chi connectivity index (χ1n) is 35.1. The van der Waals surface area contributed by atoms with E-state index < -0.39 is 6.10 Å². The quantitative estimate of drug-likeness (QED) is 0.0261. The summed E-state index contributed by atoms with van der Waals surface area (Å²) in [6.45, 7) is 6.55. The van der Waals surface area contributed by atoms with E-state index in [1.54, 1.807) is 0 Å². The number of hydrogen-bond donors (Lipinski definition) is 0. The van der Waals surface area contributed by atoms with E-state index >= 15 is 0 Å². The fraction of sp³-hybridized carbons (Fsp3) is 0.849. The molecule has 0 bridgehead atoms. The van der Waals surface area contributed by atoms with Crippen LogP contribution in [0.15, 0.2) is 48.6 Å². The van der Waals surface area contributed by atoms with Crippen molar-refractivity contribution in [3.8, 4) is 0 Å². The first-order chi connectivity index (χ1) is 39.0. The molecule has 0 aromatic rings. The number of unbranched alkanes of at least 4 members (excludes halogenated alkanes) is 46. The Kier molecular flexibility index (Phi) is 65.6. The van der Waals surface area contributed by atoms with Gasteiger partial charge in [-0.25, -0.2) is 0 Å². The van der Waals surface area contributed by atoms with Gasteiger partial charge in [-0.3, -0.25) is 14.4 Å². The molecule has 0 aromatic heterocycles. The smallest absolute Gasteiger partial charge is 0.306 e. The van der Waals surface area contributed by atoms with Gasteiger partial charge in [-0.15, -0.1) is 0 Å². The van der Waals surface area contributed by atoms with Crippen molar-refractivity contribution < 1.29 is 28.6 Å². The molecule has 0 radical (unpaired) electrons. The van der Waals surface area contributed by atoms with Gasteiger partial charge < -0.3 is 14.2 Å². The minimum absolute atomic E-state index is 0.0678. The zero-order valence-electron chi connectivity index (χ0n) is 53.2. The minimum Gasteiger partial charge on any atom is -0.462 e. The summed E-state index contributed by atoms with van der Waals surface area (Å²) in [6, 6.07) is 0. The zero-order valence-corrected chi connectivity index (χ0v) is 53.2. The second kappa shape index (κ2) is 67.9. The van der Waals surface area contributed by atoms with E-state index in [4.69, 9.17) is 14.2 Å². The van der Waals surface area contributed by atoms with Crippen LogP contribution in [0.1, 0.15) is 380 Å². The predicted octanol–water partition coefficient (Wildman–Crippen LogP) is 24.1. The van der Waals surface area contributed by atoms with Crippen LogP contribution < -0.4 is 0 Å². The molecule has 0 N–H and O–H groups in total. The second-order valence-corrected chi connectivity index (χ2v) is 23.8. The van der Waals surface area contributed by atoms with Crippen LogP contribution in [0.4, 0.5) is 0 Å². The van der Waals surface area contributed by atoms with Crippen molar-refractivity contribution >= 4 is 17.9 Å². The third-order valence-electron chi connectivity index (χ3n) is 15.8. The van der Waals surface area contributed by atoms with E-state index in [-0.39, 0.29) is 31.1 Å². The molecular formula is C73H134O6. The number of carbonyl (C=O) groups excluding carboxylic acids is 3. The fourth-order valence-corrected chi connectivity index (χ4v) is 10.6. The number of hydrogen-bond acceptors (Lipinski definition) is 6. The minimum atomic E-state index is -0.768. The van der Waals surface area contributed by atoms with E-state index in [1.165, 1.54) is 257 Å². The van der Waals surface area contributed by atoms with E-state index in [0.717, 1.165) is 83.5 Å². The molecule has 0 rings (SSSR count). The molecule has 0 fully saturated rings. The summed E-state index contributed by atoms with van der Waals surface area (Å²) in [5.74, 6) is -0.850. The van der Waals surface area contributed by atoms with Gasteiger partial charge in [-0.1, -0.05) is 352 Å². The maximum atomic E-state index is 12.9. The van der Waals surface area contributed by atoms with E-state index in [0.29, 0.717) is 19.3 Å². The number of allylic oxidation sites excluding steroid dienone is 8. The van der Waals surface area contributed by atoms with Crippen LogP contribution in [0.25, 0.3) is 0 Å². The molecule has 0 aromatic carbocycles. The van der Waals surface area contributed by atoms with Gasteiger partial charge >= 0.3 is 17.9 Å². The SMILES string of the molecule is CC/C=C\C/C=C\C/C=C\C/C=C\CCCCCCCCCCCCCCCCC(=O)OCC(COC(=O)CCCCCCCCC)OC(=O)CCCCCCCCCCCCCCCCCCCCCCCCCCCCC. The normalized spacial score (nSPS) is 12.3. The Bertz CT molecular complexity index is 1360. The molecule has 0 saturated carbocycles. The standard InChI is InChI=1S/C73H134O6/c1-4-7-10-13-16-18-20-22-24-26-28-30-32-34-36-38-40-42-44-46-48-50-52-54-57-60-63-66-72(75)78-69-70(68-77-71(74)65-62-59-56-15-12-9-6-3)79-73(76)67-64-61-58-55-53-51-49-47-45-43-41-39-37-35-33-31-29-27-25-23-21-19-17-14-11-8-5-2/h7,10,16,18,22,24,28,30,70H,4-6,8-9,11-15,17,19-21,23,25-27,29,31-69H2,1-3H3/b10-7-,18-16-,24-22-,30-28-. The average Bonchev–Trinajstić information content (AvgIpc) is 3.45. The number of rotatable bonds is 65. The third-order valence-corrected chi connectivity index (χ3v) is 15.8. The molecule has 0 amide bonds. The number of esters is 3. The van der Waals surface area contributed by atoms with Gasteiger partial charge in [-0.05, 0) is 57.8 Å². The Morgan fingerprint density at radius 1 is 0.266 bits per heavy atom. The third kappa shape index (κ3) is 66.1. The number of ether oxygens (including phenoxy) is 3. The Balaban J connectivity index is 4.03. The lowest BCUT2D eigenvalue weighted by Gasteiger charge is -2.18. The first-order valence-corrected chi connectivity index (χ1v) is 35.1. The first kappa shape index (κ1) is 76.4. The Morgan fingerprint density at radius 3 is 0.772 bits per heavy atom. The van der Waals surface area contributed by atoms with Crippen LogP contribution in [0, 0.1) is 0 Å². The van der Waals surface area contributed by atoms with E-state index in [2.05, 4.69) is 69.4 Å². The second-order valence-electron chi connectivity index (χ2n) is 23.8. The van der Waals surface area contributed by atoms with Gasteiger partial charge in [-0.2, -0.15) is 0 Å². The molecule has 462 valence electrons. The molecule has 1 atom stereocenters. The molecule has 0 heterocycles. The Hall–Kier alpha value is -2.63. The van der Waals surface area contributed by atoms with Crippen molar-refractivity contribution in [1.82, 2.24) is 0 Å².